The van der Waals surface area contributed by atoms with Crippen LogP contribution in [-0.4, -0.2) is 15.3 Å². The van der Waals surface area contributed by atoms with Crippen molar-refractivity contribution in [3.63, 3.8) is 0 Å². The number of anilines is 1. The molecule has 0 bridgehead atoms. The Morgan fingerprint density at radius 1 is 1.21 bits per heavy atom. The number of nitrogen functional groups attached to an aromatic ring is 1. The molecule has 4 nitrogen and oxygen atoms in total. The number of nitrogens with two attached hydrogens (primary N) is 1. The van der Waals surface area contributed by atoms with E-state index in [1.54, 1.807) is 12.1 Å². The fourth-order valence-electron chi connectivity index (χ4n) is 2.02. The summed E-state index contributed by atoms with van der Waals surface area (Å²) in [5.41, 5.74) is 8.19. The Kier molecular flexibility index (Phi) is 2.77. The van der Waals surface area contributed by atoms with Gasteiger partial charge in [0.05, 0.1) is 16.2 Å². The smallest absolute Gasteiger partial charge is 0.143 e. The van der Waals surface area contributed by atoms with Crippen LogP contribution in [-0.2, 0) is 0 Å². The summed E-state index contributed by atoms with van der Waals surface area (Å²) in [6.07, 6.45) is 0. The van der Waals surface area contributed by atoms with Crippen LogP contribution in [0.4, 0.5) is 5.69 Å². The molecule has 3 aromatic rings. The summed E-state index contributed by atoms with van der Waals surface area (Å²) in [7, 11) is 0. The molecule has 2 aromatic carbocycles. The summed E-state index contributed by atoms with van der Waals surface area (Å²) < 4.78 is 0. The number of hydrogen-bond donors (Lipinski definition) is 3. The first-order chi connectivity index (χ1) is 9.08. The molecule has 0 aliphatic carbocycles. The average molecular weight is 294 g/mol. The molecule has 0 aliphatic heterocycles. The number of phenols is 1. The maximum absolute atomic E-state index is 10.0. The van der Waals surface area contributed by atoms with E-state index in [1.165, 1.54) is 6.07 Å². The van der Waals surface area contributed by atoms with Gasteiger partial charge in [-0.15, -0.1) is 0 Å². The molecule has 0 radical (unpaired) electrons. The van der Waals surface area contributed by atoms with Gasteiger partial charge >= 0.3 is 0 Å². The molecule has 6 heteroatoms. The SMILES string of the molecule is Nc1cccc2c(-c3cc(Cl)cc(Cl)c3O)n[nH]c12. The van der Waals surface area contributed by atoms with Gasteiger partial charge in [-0.05, 0) is 18.2 Å². The van der Waals surface area contributed by atoms with E-state index in [9.17, 15) is 5.11 Å². The fraction of sp³-hybridized carbons (Fsp3) is 0. The van der Waals surface area contributed by atoms with Crippen LogP contribution in [0.2, 0.25) is 10.0 Å². The number of aromatic hydroxyl groups is 1. The Balaban J connectivity index is 2.34. The van der Waals surface area contributed by atoms with Crippen molar-refractivity contribution >= 4 is 39.8 Å². The number of para-hydroxylation sites is 1. The number of nitrogens with one attached hydrogen (secondary N) is 1. The lowest BCUT2D eigenvalue weighted by atomic mass is 10.1. The molecular formula is C13H9Cl2N3O. The Morgan fingerprint density at radius 2 is 2.00 bits per heavy atom. The maximum Gasteiger partial charge on any atom is 0.143 e. The van der Waals surface area contributed by atoms with Crippen LogP contribution in [0.3, 0.4) is 0 Å². The third-order valence-corrected chi connectivity index (χ3v) is 3.42. The van der Waals surface area contributed by atoms with Crippen LogP contribution >= 0.6 is 23.2 Å². The van der Waals surface area contributed by atoms with Crippen molar-refractivity contribution in [2.45, 2.75) is 0 Å². The van der Waals surface area contributed by atoms with Crippen molar-refractivity contribution in [1.82, 2.24) is 10.2 Å². The van der Waals surface area contributed by atoms with Crippen LogP contribution in [0.1, 0.15) is 0 Å². The molecule has 0 amide bonds. The third kappa shape index (κ3) is 1.89. The summed E-state index contributed by atoms with van der Waals surface area (Å²) >= 11 is 11.9. The number of benzene rings is 2. The number of nitrogens with zero attached hydrogens (tertiary/aromatic N) is 1. The predicted molar refractivity (Wildman–Crippen MR) is 77.6 cm³/mol. The van der Waals surface area contributed by atoms with Gasteiger partial charge in [-0.25, -0.2) is 0 Å². The second kappa shape index (κ2) is 4.33. The molecule has 1 aromatic heterocycles. The molecule has 19 heavy (non-hydrogen) atoms. The van der Waals surface area contributed by atoms with Gasteiger partial charge in [0.2, 0.25) is 0 Å². The fourth-order valence-corrected chi connectivity index (χ4v) is 2.51. The molecule has 96 valence electrons. The monoisotopic (exact) mass is 293 g/mol. The molecule has 0 aliphatic rings. The number of aromatic nitrogens is 2. The van der Waals surface area contributed by atoms with Gasteiger partial charge < -0.3 is 10.8 Å². The van der Waals surface area contributed by atoms with Gasteiger partial charge in [0.15, 0.2) is 0 Å². The molecule has 0 atom stereocenters. The molecule has 0 unspecified atom stereocenters. The lowest BCUT2D eigenvalue weighted by Crippen LogP contribution is -1.85. The highest BCUT2D eigenvalue weighted by Crippen LogP contribution is 2.40. The molecule has 0 saturated heterocycles. The molecular weight excluding hydrogens is 285 g/mol. The molecule has 1 heterocycles. The van der Waals surface area contributed by atoms with Crippen LogP contribution in [0.15, 0.2) is 30.3 Å². The minimum Gasteiger partial charge on any atom is -0.506 e. The number of fused-ring (bicyclic) bond motifs is 1. The first kappa shape index (κ1) is 12.1. The molecule has 0 saturated carbocycles. The summed E-state index contributed by atoms with van der Waals surface area (Å²) in [6.45, 7) is 0. The highest BCUT2D eigenvalue weighted by Gasteiger charge is 2.16. The van der Waals surface area contributed by atoms with E-state index in [-0.39, 0.29) is 10.8 Å². The molecule has 0 fully saturated rings. The van der Waals surface area contributed by atoms with E-state index >= 15 is 0 Å². The summed E-state index contributed by atoms with van der Waals surface area (Å²) in [5, 5.41) is 18.5. The number of rotatable bonds is 1. The zero-order valence-corrected chi connectivity index (χ0v) is 11.1. The van der Waals surface area contributed by atoms with Crippen LogP contribution in [0, 0.1) is 0 Å². The molecule has 3 rings (SSSR count). The van der Waals surface area contributed by atoms with E-state index in [0.717, 1.165) is 5.39 Å². The van der Waals surface area contributed by atoms with E-state index in [0.29, 0.717) is 27.5 Å². The Hall–Kier alpha value is -1.91. The zero-order valence-electron chi connectivity index (χ0n) is 9.61. The van der Waals surface area contributed by atoms with E-state index < -0.39 is 0 Å². The third-order valence-electron chi connectivity index (χ3n) is 2.91. The lowest BCUT2D eigenvalue weighted by molar-refractivity contribution is 0.477. The topological polar surface area (TPSA) is 74.9 Å². The second-order valence-corrected chi connectivity index (χ2v) is 4.97. The first-order valence-electron chi connectivity index (χ1n) is 5.49. The minimum absolute atomic E-state index is 0.0538. The Bertz CT molecular complexity index is 783. The average Bonchev–Trinajstić information content (AvgIpc) is 2.79. The molecule has 4 N–H and O–H groups in total. The summed E-state index contributed by atoms with van der Waals surface area (Å²) in [4.78, 5) is 0. The van der Waals surface area contributed by atoms with Crippen molar-refractivity contribution in [2.24, 2.45) is 0 Å². The summed E-state index contributed by atoms with van der Waals surface area (Å²) in [5.74, 6) is -0.0538. The van der Waals surface area contributed by atoms with E-state index in [4.69, 9.17) is 28.9 Å². The predicted octanol–water partition coefficient (Wildman–Crippen LogP) is 3.82. The van der Waals surface area contributed by atoms with Gasteiger partial charge in [-0.1, -0.05) is 35.3 Å². The van der Waals surface area contributed by atoms with Crippen molar-refractivity contribution in [3.05, 3.63) is 40.4 Å². The van der Waals surface area contributed by atoms with E-state index in [1.807, 2.05) is 12.1 Å². The number of phenolic OH excluding ortho intramolecular Hbond substituents is 1. The number of aromatic amines is 1. The largest absolute Gasteiger partial charge is 0.506 e. The van der Waals surface area contributed by atoms with Crippen molar-refractivity contribution < 1.29 is 5.11 Å². The Morgan fingerprint density at radius 3 is 2.79 bits per heavy atom. The van der Waals surface area contributed by atoms with Gasteiger partial charge in [0.1, 0.15) is 11.4 Å². The van der Waals surface area contributed by atoms with Gasteiger partial charge in [-0.2, -0.15) is 5.10 Å². The number of halogens is 2. The van der Waals surface area contributed by atoms with Gasteiger partial charge in [0.25, 0.3) is 0 Å². The van der Waals surface area contributed by atoms with Crippen LogP contribution in [0.5, 0.6) is 5.75 Å². The van der Waals surface area contributed by atoms with Crippen molar-refractivity contribution in [1.29, 1.82) is 0 Å². The Labute approximate surface area is 118 Å². The standard InChI is InChI=1S/C13H9Cl2N3O/c14-6-4-8(13(19)9(15)5-6)11-7-2-1-3-10(16)12(7)18-17-11/h1-5,19H,16H2,(H,17,18). The minimum atomic E-state index is -0.0538. The van der Waals surface area contributed by atoms with Crippen LogP contribution in [0.25, 0.3) is 22.2 Å². The van der Waals surface area contributed by atoms with Crippen LogP contribution < -0.4 is 5.73 Å². The van der Waals surface area contributed by atoms with Crippen molar-refractivity contribution in [2.75, 3.05) is 5.73 Å². The number of H-pyrrole nitrogens is 1. The summed E-state index contributed by atoms with van der Waals surface area (Å²) in [6, 6.07) is 8.54. The normalized spacial score (nSPS) is 11.1. The molecule has 0 spiro atoms. The van der Waals surface area contributed by atoms with Gasteiger partial charge in [-0.3, -0.25) is 5.10 Å². The van der Waals surface area contributed by atoms with Crippen molar-refractivity contribution in [3.8, 4) is 17.0 Å². The van der Waals surface area contributed by atoms with Gasteiger partial charge in [0, 0.05) is 16.0 Å². The maximum atomic E-state index is 10.0. The quantitative estimate of drug-likeness (QED) is 0.597. The second-order valence-electron chi connectivity index (χ2n) is 4.13. The van der Waals surface area contributed by atoms with E-state index in [2.05, 4.69) is 10.2 Å². The first-order valence-corrected chi connectivity index (χ1v) is 6.24. The number of hydrogen-bond acceptors (Lipinski definition) is 3. The highest BCUT2D eigenvalue weighted by atomic mass is 35.5. The highest BCUT2D eigenvalue weighted by molar-refractivity contribution is 6.36. The zero-order chi connectivity index (χ0) is 13.6. The lowest BCUT2D eigenvalue weighted by Gasteiger charge is -2.05.